The number of amides is 1. The van der Waals surface area contributed by atoms with E-state index in [4.69, 9.17) is 0 Å². The van der Waals surface area contributed by atoms with Crippen molar-refractivity contribution in [1.82, 2.24) is 5.32 Å². The topological polar surface area (TPSA) is 69.7 Å². The summed E-state index contributed by atoms with van der Waals surface area (Å²) in [6.45, 7) is 4.29. The zero-order chi connectivity index (χ0) is 21.0. The number of fused-ring (bicyclic) bond motifs is 1. The molecule has 6 nitrogen and oxygen atoms in total. The van der Waals surface area contributed by atoms with E-state index in [1.807, 2.05) is 0 Å². The third-order valence-electron chi connectivity index (χ3n) is 5.48. The Morgan fingerprint density at radius 2 is 1.93 bits per heavy atom. The number of nitrogens with zero attached hydrogens (tertiary/aromatic N) is 2. The van der Waals surface area contributed by atoms with Crippen molar-refractivity contribution >= 4 is 27.3 Å². The van der Waals surface area contributed by atoms with Gasteiger partial charge in [-0.25, -0.2) is 8.42 Å². The van der Waals surface area contributed by atoms with E-state index in [2.05, 4.69) is 34.5 Å². The van der Waals surface area contributed by atoms with Crippen molar-refractivity contribution in [3.8, 4) is 0 Å². The van der Waals surface area contributed by atoms with E-state index < -0.39 is 10.0 Å². The van der Waals surface area contributed by atoms with Crippen LogP contribution in [-0.4, -0.2) is 47.3 Å². The third kappa shape index (κ3) is 4.90. The van der Waals surface area contributed by atoms with Crippen molar-refractivity contribution in [3.63, 3.8) is 0 Å². The number of carbonyl (C=O) groups is 1. The fraction of sp³-hybridized carbons (Fsp3) is 0.409. The maximum atomic E-state index is 12.6. The van der Waals surface area contributed by atoms with E-state index in [0.717, 1.165) is 38.6 Å². The summed E-state index contributed by atoms with van der Waals surface area (Å²) in [5.41, 5.74) is 4.37. The summed E-state index contributed by atoms with van der Waals surface area (Å²) < 4.78 is 24.9. The van der Waals surface area contributed by atoms with Gasteiger partial charge in [0.05, 0.1) is 11.9 Å². The van der Waals surface area contributed by atoms with Crippen LogP contribution in [0.4, 0.5) is 11.4 Å². The molecule has 3 rings (SSSR count). The number of para-hydroxylation sites is 1. The van der Waals surface area contributed by atoms with Gasteiger partial charge in [-0.3, -0.25) is 9.10 Å². The van der Waals surface area contributed by atoms with Gasteiger partial charge in [0, 0.05) is 37.9 Å². The average molecular weight is 416 g/mol. The highest BCUT2D eigenvalue weighted by Crippen LogP contribution is 2.27. The monoisotopic (exact) mass is 415 g/mol. The van der Waals surface area contributed by atoms with Gasteiger partial charge in [-0.2, -0.15) is 0 Å². The molecule has 1 heterocycles. The molecule has 29 heavy (non-hydrogen) atoms. The van der Waals surface area contributed by atoms with Crippen LogP contribution in [0.5, 0.6) is 0 Å². The molecule has 156 valence electrons. The van der Waals surface area contributed by atoms with Gasteiger partial charge in [0.1, 0.15) is 0 Å². The molecular weight excluding hydrogens is 386 g/mol. The molecule has 0 radical (unpaired) electrons. The summed E-state index contributed by atoms with van der Waals surface area (Å²) in [5.74, 6) is -0.176. The van der Waals surface area contributed by atoms with Crippen molar-refractivity contribution < 1.29 is 13.2 Å². The second kappa shape index (κ2) is 8.86. The lowest BCUT2D eigenvalue weighted by Gasteiger charge is -2.31. The first-order chi connectivity index (χ1) is 13.8. The number of hydrogen-bond donors (Lipinski definition) is 1. The van der Waals surface area contributed by atoms with Crippen molar-refractivity contribution in [2.45, 2.75) is 26.2 Å². The first-order valence-electron chi connectivity index (χ1n) is 9.93. The quantitative estimate of drug-likeness (QED) is 0.706. The fourth-order valence-corrected chi connectivity index (χ4v) is 4.36. The molecule has 0 spiro atoms. The molecule has 0 atom stereocenters. The van der Waals surface area contributed by atoms with E-state index >= 15 is 0 Å². The lowest BCUT2D eigenvalue weighted by atomic mass is 10.0. The number of benzene rings is 2. The molecule has 1 aliphatic rings. The molecule has 0 aliphatic carbocycles. The first-order valence-corrected chi connectivity index (χ1v) is 11.8. The van der Waals surface area contributed by atoms with Gasteiger partial charge in [-0.1, -0.05) is 24.3 Å². The maximum absolute atomic E-state index is 12.6. The van der Waals surface area contributed by atoms with Crippen LogP contribution >= 0.6 is 0 Å². The van der Waals surface area contributed by atoms with Crippen LogP contribution in [0.2, 0.25) is 0 Å². The Morgan fingerprint density at radius 3 is 2.69 bits per heavy atom. The molecule has 7 heteroatoms. The molecule has 0 fully saturated rings. The van der Waals surface area contributed by atoms with Crippen molar-refractivity contribution in [1.29, 1.82) is 0 Å². The molecule has 0 aromatic heterocycles. The molecule has 2 aromatic carbocycles. The second-order valence-electron chi connectivity index (χ2n) is 7.51. The van der Waals surface area contributed by atoms with Gasteiger partial charge in [-0.15, -0.1) is 0 Å². The fourth-order valence-electron chi connectivity index (χ4n) is 3.80. The van der Waals surface area contributed by atoms with Gasteiger partial charge in [0.15, 0.2) is 0 Å². The number of sulfonamides is 1. The summed E-state index contributed by atoms with van der Waals surface area (Å²) in [5, 5.41) is 2.97. The lowest BCUT2D eigenvalue weighted by molar-refractivity contribution is 0.0953. The van der Waals surface area contributed by atoms with E-state index in [0.29, 0.717) is 23.4 Å². The van der Waals surface area contributed by atoms with Crippen LogP contribution in [0.25, 0.3) is 0 Å². The van der Waals surface area contributed by atoms with Gasteiger partial charge in [0.2, 0.25) is 10.0 Å². The second-order valence-corrected chi connectivity index (χ2v) is 9.52. The molecule has 1 aliphatic heterocycles. The largest absolute Gasteiger partial charge is 0.371 e. The third-order valence-corrected chi connectivity index (χ3v) is 6.67. The minimum absolute atomic E-state index is 0.176. The Balaban J connectivity index is 1.58. The molecule has 0 saturated carbocycles. The van der Waals surface area contributed by atoms with Crippen molar-refractivity contribution in [2.24, 2.45) is 0 Å². The van der Waals surface area contributed by atoms with Crippen LogP contribution in [0.1, 0.15) is 34.3 Å². The molecule has 1 N–H and O–H groups in total. The number of anilines is 2. The van der Waals surface area contributed by atoms with Crippen molar-refractivity contribution in [3.05, 3.63) is 59.2 Å². The van der Waals surface area contributed by atoms with Crippen LogP contribution in [0.15, 0.2) is 42.5 Å². The summed E-state index contributed by atoms with van der Waals surface area (Å²) in [6.07, 6.45) is 4.28. The number of nitrogens with one attached hydrogen (secondary N) is 1. The smallest absolute Gasteiger partial charge is 0.251 e. The predicted molar refractivity (Wildman–Crippen MR) is 118 cm³/mol. The number of hydrogen-bond acceptors (Lipinski definition) is 4. The molecule has 0 saturated heterocycles. The van der Waals surface area contributed by atoms with Crippen LogP contribution < -0.4 is 14.5 Å². The molecule has 0 bridgehead atoms. The van der Waals surface area contributed by atoms with Crippen LogP contribution in [-0.2, 0) is 16.4 Å². The predicted octanol–water partition coefficient (Wildman–Crippen LogP) is 2.96. The molecule has 1 amide bonds. The van der Waals surface area contributed by atoms with Gasteiger partial charge < -0.3 is 10.2 Å². The normalized spacial score (nSPS) is 13.7. The lowest BCUT2D eigenvalue weighted by Crippen LogP contribution is -2.33. The van der Waals surface area contributed by atoms with E-state index in [-0.39, 0.29) is 5.91 Å². The van der Waals surface area contributed by atoms with Crippen LogP contribution in [0, 0.1) is 6.92 Å². The zero-order valence-electron chi connectivity index (χ0n) is 17.3. The van der Waals surface area contributed by atoms with E-state index in [1.165, 1.54) is 22.6 Å². The maximum Gasteiger partial charge on any atom is 0.251 e. The van der Waals surface area contributed by atoms with Crippen LogP contribution in [0.3, 0.4) is 0 Å². The minimum Gasteiger partial charge on any atom is -0.371 e. The first kappa shape index (κ1) is 21.2. The van der Waals surface area contributed by atoms with Crippen molar-refractivity contribution in [2.75, 3.05) is 42.1 Å². The Bertz CT molecular complexity index is 989. The minimum atomic E-state index is -3.38. The van der Waals surface area contributed by atoms with Gasteiger partial charge >= 0.3 is 0 Å². The summed E-state index contributed by atoms with van der Waals surface area (Å²) in [4.78, 5) is 15.0. The molecular formula is C22H29N3O3S. The Hall–Kier alpha value is -2.54. The number of rotatable bonds is 7. The zero-order valence-corrected chi connectivity index (χ0v) is 18.1. The molecule has 0 unspecified atom stereocenters. The summed E-state index contributed by atoms with van der Waals surface area (Å²) in [6, 6.07) is 13.7. The average Bonchev–Trinajstić information content (AvgIpc) is 2.70. The Morgan fingerprint density at radius 1 is 1.17 bits per heavy atom. The van der Waals surface area contributed by atoms with Gasteiger partial charge in [-0.05, 0) is 55.5 Å². The highest BCUT2D eigenvalue weighted by atomic mass is 32.2. The Kier molecular flexibility index (Phi) is 6.47. The van der Waals surface area contributed by atoms with Gasteiger partial charge in [0.25, 0.3) is 5.91 Å². The highest BCUT2D eigenvalue weighted by molar-refractivity contribution is 7.92. The SMILES string of the molecule is Cc1c(C(=O)NCCCN2CCCc3ccccc32)cccc1N(C)S(C)(=O)=O. The van der Waals surface area contributed by atoms with E-state index in [1.54, 1.807) is 25.1 Å². The number of aryl methyl sites for hydroxylation is 1. The Labute approximate surface area is 173 Å². The highest BCUT2D eigenvalue weighted by Gasteiger charge is 2.19. The molecule has 2 aromatic rings. The summed E-state index contributed by atoms with van der Waals surface area (Å²) >= 11 is 0. The summed E-state index contributed by atoms with van der Waals surface area (Å²) in [7, 11) is -1.89. The number of carbonyl (C=O) groups excluding carboxylic acids is 1. The standard InChI is InChI=1S/C22H29N3O3S/c1-17-19(11-6-13-20(17)24(2)29(3,27)28)22(26)23-14-8-16-25-15-7-10-18-9-4-5-12-21(18)25/h4-6,9,11-13H,7-8,10,14-16H2,1-3H3,(H,23,26). The van der Waals surface area contributed by atoms with E-state index in [9.17, 15) is 13.2 Å².